The van der Waals surface area contributed by atoms with Crippen molar-refractivity contribution >= 4 is 16.7 Å². The fourth-order valence-electron chi connectivity index (χ4n) is 3.47. The quantitative estimate of drug-likeness (QED) is 0.944. The van der Waals surface area contributed by atoms with E-state index in [0.29, 0.717) is 5.92 Å². The summed E-state index contributed by atoms with van der Waals surface area (Å²) in [4.78, 5) is 14.5. The predicted octanol–water partition coefficient (Wildman–Crippen LogP) is 3.01. The second-order valence-corrected chi connectivity index (χ2v) is 6.40. The van der Waals surface area contributed by atoms with Crippen molar-refractivity contribution in [2.75, 3.05) is 27.2 Å². The molecule has 0 bridgehead atoms. The van der Waals surface area contributed by atoms with Crippen molar-refractivity contribution in [1.82, 2.24) is 10.2 Å². The third-order valence-corrected chi connectivity index (χ3v) is 4.69. The molecule has 116 valence electrons. The van der Waals surface area contributed by atoms with Gasteiger partial charge in [-0.1, -0.05) is 42.5 Å². The third kappa shape index (κ3) is 3.00. The van der Waals surface area contributed by atoms with E-state index in [4.69, 9.17) is 0 Å². The molecule has 22 heavy (non-hydrogen) atoms. The van der Waals surface area contributed by atoms with Crippen molar-refractivity contribution in [3.05, 3.63) is 48.0 Å². The summed E-state index contributed by atoms with van der Waals surface area (Å²) in [5, 5.41) is 5.84. The van der Waals surface area contributed by atoms with Crippen LogP contribution in [0.5, 0.6) is 0 Å². The minimum Gasteiger partial charge on any atom is -0.348 e. The van der Waals surface area contributed by atoms with E-state index in [0.717, 1.165) is 31.5 Å². The molecule has 2 aromatic carbocycles. The van der Waals surface area contributed by atoms with Crippen molar-refractivity contribution in [3.63, 3.8) is 0 Å². The van der Waals surface area contributed by atoms with Gasteiger partial charge in [0.1, 0.15) is 0 Å². The Hall–Kier alpha value is -1.87. The zero-order valence-corrected chi connectivity index (χ0v) is 13.4. The first kappa shape index (κ1) is 15.0. The Morgan fingerprint density at radius 3 is 2.45 bits per heavy atom. The second-order valence-electron chi connectivity index (χ2n) is 6.40. The maximum atomic E-state index is 12.8. The molecule has 1 atom stereocenters. The molecule has 0 spiro atoms. The number of fused-ring (bicyclic) bond motifs is 1. The molecule has 1 saturated heterocycles. The summed E-state index contributed by atoms with van der Waals surface area (Å²) in [5.41, 5.74) is 1.16. The molecule has 3 nitrogen and oxygen atoms in total. The van der Waals surface area contributed by atoms with E-state index in [1.807, 2.05) is 14.1 Å². The lowest BCUT2D eigenvalue weighted by molar-refractivity contribution is -0.131. The largest absolute Gasteiger partial charge is 0.348 e. The predicted molar refractivity (Wildman–Crippen MR) is 91.0 cm³/mol. The van der Waals surface area contributed by atoms with E-state index < -0.39 is 0 Å². The lowest BCUT2D eigenvalue weighted by atomic mass is 9.79. The van der Waals surface area contributed by atoms with Crippen LogP contribution < -0.4 is 5.32 Å². The second kappa shape index (κ2) is 6.49. The van der Waals surface area contributed by atoms with Gasteiger partial charge < -0.3 is 10.2 Å². The van der Waals surface area contributed by atoms with Crippen LogP contribution in [0.4, 0.5) is 0 Å². The first-order valence-corrected chi connectivity index (χ1v) is 8.07. The summed E-state index contributed by atoms with van der Waals surface area (Å²) < 4.78 is 0. The molecule has 1 amide bonds. The molecule has 3 rings (SSSR count). The van der Waals surface area contributed by atoms with E-state index in [1.54, 1.807) is 4.90 Å². The Morgan fingerprint density at radius 2 is 1.77 bits per heavy atom. The maximum Gasteiger partial charge on any atom is 0.229 e. The smallest absolute Gasteiger partial charge is 0.229 e. The van der Waals surface area contributed by atoms with Gasteiger partial charge in [0.25, 0.3) is 0 Å². The lowest BCUT2D eigenvalue weighted by Gasteiger charge is -2.32. The molecular formula is C19H24N2O. The van der Waals surface area contributed by atoms with Crippen LogP contribution in [0, 0.1) is 5.92 Å². The number of carbonyl (C=O) groups is 1. The summed E-state index contributed by atoms with van der Waals surface area (Å²) in [6, 6.07) is 14.8. The molecule has 3 heteroatoms. The average molecular weight is 296 g/mol. The van der Waals surface area contributed by atoms with E-state index in [-0.39, 0.29) is 11.8 Å². The van der Waals surface area contributed by atoms with Gasteiger partial charge >= 0.3 is 0 Å². The van der Waals surface area contributed by atoms with Gasteiger partial charge in [0.15, 0.2) is 0 Å². The van der Waals surface area contributed by atoms with Crippen LogP contribution in [0.25, 0.3) is 10.8 Å². The number of hydrogen-bond donors (Lipinski definition) is 1. The fraction of sp³-hybridized carbons (Fsp3) is 0.421. The van der Waals surface area contributed by atoms with Gasteiger partial charge in [0, 0.05) is 14.1 Å². The molecule has 0 saturated carbocycles. The lowest BCUT2D eigenvalue weighted by Crippen LogP contribution is -2.38. The highest BCUT2D eigenvalue weighted by atomic mass is 16.2. The highest BCUT2D eigenvalue weighted by molar-refractivity contribution is 5.88. The SMILES string of the molecule is CN(C)C(=O)C(c1ccc2ccccc2c1)C1CCNCC1. The molecular weight excluding hydrogens is 272 g/mol. The standard InChI is InChI=1S/C19H24N2O/c1-21(2)19(22)18(15-9-11-20-12-10-15)17-8-7-14-5-3-4-6-16(14)13-17/h3-8,13,15,18,20H,9-12H2,1-2H3. The number of hydrogen-bond acceptors (Lipinski definition) is 2. The Bertz CT molecular complexity index is 659. The van der Waals surface area contributed by atoms with Gasteiger partial charge in [-0.2, -0.15) is 0 Å². The van der Waals surface area contributed by atoms with Crippen molar-refractivity contribution in [2.24, 2.45) is 5.92 Å². The summed E-state index contributed by atoms with van der Waals surface area (Å²) in [5.74, 6) is 0.626. The molecule has 0 aromatic heterocycles. The summed E-state index contributed by atoms with van der Waals surface area (Å²) in [7, 11) is 3.72. The summed E-state index contributed by atoms with van der Waals surface area (Å²) in [6.07, 6.45) is 2.13. The topological polar surface area (TPSA) is 32.3 Å². The molecule has 1 heterocycles. The van der Waals surface area contributed by atoms with Gasteiger partial charge in [0.05, 0.1) is 5.92 Å². The zero-order chi connectivity index (χ0) is 15.5. The molecule has 1 unspecified atom stereocenters. The Labute approximate surface area is 132 Å². The Balaban J connectivity index is 2.00. The van der Waals surface area contributed by atoms with Crippen molar-refractivity contribution in [2.45, 2.75) is 18.8 Å². The number of benzene rings is 2. The van der Waals surface area contributed by atoms with Crippen LogP contribution in [0.3, 0.4) is 0 Å². The van der Waals surface area contributed by atoms with E-state index in [1.165, 1.54) is 10.8 Å². The Morgan fingerprint density at radius 1 is 1.09 bits per heavy atom. The molecule has 2 aromatic rings. The Kier molecular flexibility index (Phi) is 4.44. The van der Waals surface area contributed by atoms with Crippen LogP contribution in [0.15, 0.2) is 42.5 Å². The minimum atomic E-state index is -0.0262. The number of carbonyl (C=O) groups excluding carboxylic acids is 1. The zero-order valence-electron chi connectivity index (χ0n) is 13.4. The van der Waals surface area contributed by atoms with Crippen molar-refractivity contribution < 1.29 is 4.79 Å². The molecule has 1 N–H and O–H groups in total. The molecule has 0 aliphatic carbocycles. The number of rotatable bonds is 3. The molecule has 0 radical (unpaired) electrons. The normalized spacial score (nSPS) is 17.4. The van der Waals surface area contributed by atoms with Crippen LogP contribution in [0.2, 0.25) is 0 Å². The monoisotopic (exact) mass is 296 g/mol. The maximum absolute atomic E-state index is 12.8. The van der Waals surface area contributed by atoms with Crippen LogP contribution in [-0.4, -0.2) is 38.0 Å². The van der Waals surface area contributed by atoms with Gasteiger partial charge in [-0.15, -0.1) is 0 Å². The number of likely N-dealkylation sites (N-methyl/N-ethyl adjacent to an activating group) is 1. The molecule has 1 aliphatic heterocycles. The van der Waals surface area contributed by atoms with Crippen LogP contribution in [-0.2, 0) is 4.79 Å². The number of amides is 1. The van der Waals surface area contributed by atoms with E-state index >= 15 is 0 Å². The van der Waals surface area contributed by atoms with E-state index in [2.05, 4.69) is 47.8 Å². The van der Waals surface area contributed by atoms with Crippen molar-refractivity contribution in [1.29, 1.82) is 0 Å². The number of piperidine rings is 1. The molecule has 1 aliphatic rings. The third-order valence-electron chi connectivity index (χ3n) is 4.69. The number of nitrogens with one attached hydrogen (secondary N) is 1. The van der Waals surface area contributed by atoms with Crippen LogP contribution >= 0.6 is 0 Å². The summed E-state index contributed by atoms with van der Waals surface area (Å²) in [6.45, 7) is 2.02. The first-order valence-electron chi connectivity index (χ1n) is 8.07. The van der Waals surface area contributed by atoms with E-state index in [9.17, 15) is 4.79 Å². The van der Waals surface area contributed by atoms with Crippen LogP contribution in [0.1, 0.15) is 24.3 Å². The fourth-order valence-corrected chi connectivity index (χ4v) is 3.47. The van der Waals surface area contributed by atoms with Gasteiger partial charge in [-0.25, -0.2) is 0 Å². The minimum absolute atomic E-state index is 0.0262. The average Bonchev–Trinajstić information content (AvgIpc) is 2.56. The number of nitrogens with zero attached hydrogens (tertiary/aromatic N) is 1. The van der Waals surface area contributed by atoms with Gasteiger partial charge in [0.2, 0.25) is 5.91 Å². The summed E-state index contributed by atoms with van der Waals surface area (Å²) >= 11 is 0. The van der Waals surface area contributed by atoms with Gasteiger partial charge in [-0.3, -0.25) is 4.79 Å². The highest BCUT2D eigenvalue weighted by Crippen LogP contribution is 2.34. The first-order chi connectivity index (χ1) is 10.7. The highest BCUT2D eigenvalue weighted by Gasteiger charge is 2.31. The van der Waals surface area contributed by atoms with Crippen molar-refractivity contribution in [3.8, 4) is 0 Å². The van der Waals surface area contributed by atoms with Gasteiger partial charge in [-0.05, 0) is 48.2 Å². The molecule has 1 fully saturated rings.